The van der Waals surface area contributed by atoms with Gasteiger partial charge in [-0.15, -0.1) is 0 Å². The number of fused-ring (bicyclic) bond motifs is 1. The van der Waals surface area contributed by atoms with E-state index in [9.17, 15) is 0 Å². The highest BCUT2D eigenvalue weighted by molar-refractivity contribution is 7.22. The van der Waals surface area contributed by atoms with Crippen LogP contribution in [0.25, 0.3) is 10.2 Å². The van der Waals surface area contributed by atoms with Gasteiger partial charge in [0.05, 0.1) is 10.2 Å². The first-order valence-electron chi connectivity index (χ1n) is 7.91. The molecule has 1 saturated heterocycles. The van der Waals surface area contributed by atoms with Crippen LogP contribution in [-0.4, -0.2) is 31.2 Å². The molecule has 1 aliphatic heterocycles. The topological polar surface area (TPSA) is 37.4 Å². The van der Waals surface area contributed by atoms with E-state index in [1.165, 1.54) is 10.3 Å². The molecule has 0 radical (unpaired) electrons. The normalized spacial score (nSPS) is 15.0. The Labute approximate surface area is 139 Å². The maximum absolute atomic E-state index is 5.83. The third-order valence-electron chi connectivity index (χ3n) is 3.98. The fourth-order valence-electron chi connectivity index (χ4n) is 2.72. The van der Waals surface area contributed by atoms with Crippen molar-refractivity contribution < 1.29 is 4.74 Å². The van der Waals surface area contributed by atoms with E-state index in [0.717, 1.165) is 42.6 Å². The SMILES string of the molecule is c1ccc(OCc2ccc3nc(N4CCNCC4)sc3c2)cc1. The van der Waals surface area contributed by atoms with Crippen LogP contribution >= 0.6 is 11.3 Å². The van der Waals surface area contributed by atoms with Gasteiger partial charge in [0, 0.05) is 26.2 Å². The number of thiazole rings is 1. The first-order valence-corrected chi connectivity index (χ1v) is 8.73. The zero-order valence-corrected chi connectivity index (χ0v) is 13.7. The van der Waals surface area contributed by atoms with Crippen molar-refractivity contribution in [2.24, 2.45) is 0 Å². The molecule has 0 aliphatic carbocycles. The number of aromatic nitrogens is 1. The van der Waals surface area contributed by atoms with Crippen molar-refractivity contribution in [2.75, 3.05) is 31.1 Å². The van der Waals surface area contributed by atoms with Crippen LogP contribution in [0.15, 0.2) is 48.5 Å². The predicted octanol–water partition coefficient (Wildman–Crippen LogP) is 3.28. The Kier molecular flexibility index (Phi) is 4.13. The lowest BCUT2D eigenvalue weighted by Gasteiger charge is -2.26. The minimum absolute atomic E-state index is 0.584. The van der Waals surface area contributed by atoms with Crippen LogP contribution in [0.4, 0.5) is 5.13 Å². The van der Waals surface area contributed by atoms with E-state index in [2.05, 4.69) is 28.4 Å². The Hall–Kier alpha value is -2.11. The molecular weight excluding hydrogens is 306 g/mol. The Morgan fingerprint density at radius 3 is 2.74 bits per heavy atom. The third-order valence-corrected chi connectivity index (χ3v) is 5.06. The summed E-state index contributed by atoms with van der Waals surface area (Å²) in [7, 11) is 0. The molecular formula is C18H19N3OS. The lowest BCUT2D eigenvalue weighted by Crippen LogP contribution is -2.43. The van der Waals surface area contributed by atoms with Crippen LogP contribution in [0.1, 0.15) is 5.56 Å². The molecule has 1 aliphatic rings. The average Bonchev–Trinajstić information content (AvgIpc) is 3.05. The van der Waals surface area contributed by atoms with Crippen molar-refractivity contribution >= 4 is 26.7 Å². The van der Waals surface area contributed by atoms with Crippen LogP contribution in [0, 0.1) is 0 Å². The van der Waals surface area contributed by atoms with Gasteiger partial charge in [-0.25, -0.2) is 4.98 Å². The van der Waals surface area contributed by atoms with Crippen LogP contribution in [-0.2, 0) is 6.61 Å². The van der Waals surface area contributed by atoms with Gasteiger partial charge in [-0.05, 0) is 29.8 Å². The van der Waals surface area contributed by atoms with Gasteiger partial charge in [0.15, 0.2) is 5.13 Å². The van der Waals surface area contributed by atoms with E-state index in [4.69, 9.17) is 9.72 Å². The first kappa shape index (κ1) is 14.5. The van der Waals surface area contributed by atoms with Crippen LogP contribution < -0.4 is 15.0 Å². The molecule has 5 heteroatoms. The van der Waals surface area contributed by atoms with Gasteiger partial charge in [0.1, 0.15) is 12.4 Å². The number of nitrogens with one attached hydrogen (secondary N) is 1. The second kappa shape index (κ2) is 6.56. The molecule has 4 rings (SSSR count). The molecule has 23 heavy (non-hydrogen) atoms. The lowest BCUT2D eigenvalue weighted by atomic mass is 10.2. The summed E-state index contributed by atoms with van der Waals surface area (Å²) in [4.78, 5) is 7.13. The standard InChI is InChI=1S/C18H19N3OS/c1-2-4-15(5-3-1)22-13-14-6-7-16-17(12-14)23-18(20-16)21-10-8-19-9-11-21/h1-7,12,19H,8-11,13H2. The summed E-state index contributed by atoms with van der Waals surface area (Å²) in [5, 5.41) is 4.51. The molecule has 0 amide bonds. The molecule has 118 valence electrons. The summed E-state index contributed by atoms with van der Waals surface area (Å²) in [6.07, 6.45) is 0. The maximum Gasteiger partial charge on any atom is 0.186 e. The number of ether oxygens (including phenoxy) is 1. The first-order chi connectivity index (χ1) is 11.4. The molecule has 2 aromatic carbocycles. The Bertz CT molecular complexity index is 781. The van der Waals surface area contributed by atoms with Crippen molar-refractivity contribution in [3.8, 4) is 5.75 Å². The second-order valence-corrected chi connectivity index (χ2v) is 6.65. The fraction of sp³-hybridized carbons (Fsp3) is 0.278. The van der Waals surface area contributed by atoms with Gasteiger partial charge < -0.3 is 15.0 Å². The number of hydrogen-bond donors (Lipinski definition) is 1. The van der Waals surface area contributed by atoms with E-state index in [0.29, 0.717) is 6.61 Å². The molecule has 0 saturated carbocycles. The number of anilines is 1. The fourth-order valence-corrected chi connectivity index (χ4v) is 3.80. The van der Waals surface area contributed by atoms with Gasteiger partial charge in [0.2, 0.25) is 0 Å². The minimum Gasteiger partial charge on any atom is -0.489 e. The van der Waals surface area contributed by atoms with Gasteiger partial charge in [-0.2, -0.15) is 0 Å². The van der Waals surface area contributed by atoms with Crippen molar-refractivity contribution in [1.29, 1.82) is 0 Å². The predicted molar refractivity (Wildman–Crippen MR) is 95.5 cm³/mol. The summed E-state index contributed by atoms with van der Waals surface area (Å²) in [6, 6.07) is 16.3. The second-order valence-electron chi connectivity index (χ2n) is 5.64. The highest BCUT2D eigenvalue weighted by atomic mass is 32.1. The summed E-state index contributed by atoms with van der Waals surface area (Å²) in [5.74, 6) is 0.901. The lowest BCUT2D eigenvalue weighted by molar-refractivity contribution is 0.306. The Morgan fingerprint density at radius 2 is 1.91 bits per heavy atom. The number of benzene rings is 2. The third kappa shape index (κ3) is 3.30. The molecule has 0 atom stereocenters. The average molecular weight is 325 g/mol. The number of rotatable bonds is 4. The molecule has 3 aromatic rings. The van der Waals surface area contributed by atoms with Crippen molar-refractivity contribution in [2.45, 2.75) is 6.61 Å². The number of para-hydroxylation sites is 1. The smallest absolute Gasteiger partial charge is 0.186 e. The summed E-state index contributed by atoms with van der Waals surface area (Å²) >= 11 is 1.77. The van der Waals surface area contributed by atoms with E-state index in [1.807, 2.05) is 30.3 Å². The number of hydrogen-bond acceptors (Lipinski definition) is 5. The molecule has 1 fully saturated rings. The van der Waals surface area contributed by atoms with Crippen molar-refractivity contribution in [3.05, 3.63) is 54.1 Å². The summed E-state index contributed by atoms with van der Waals surface area (Å²) in [5.41, 5.74) is 2.25. The Balaban J connectivity index is 1.51. The monoisotopic (exact) mass is 325 g/mol. The molecule has 0 spiro atoms. The summed E-state index contributed by atoms with van der Waals surface area (Å²) < 4.78 is 7.06. The largest absolute Gasteiger partial charge is 0.489 e. The highest BCUT2D eigenvalue weighted by Crippen LogP contribution is 2.30. The summed E-state index contributed by atoms with van der Waals surface area (Å²) in [6.45, 7) is 4.71. The molecule has 0 unspecified atom stereocenters. The zero-order valence-electron chi connectivity index (χ0n) is 12.9. The molecule has 4 nitrogen and oxygen atoms in total. The van der Waals surface area contributed by atoms with E-state index in [-0.39, 0.29) is 0 Å². The van der Waals surface area contributed by atoms with Crippen molar-refractivity contribution in [3.63, 3.8) is 0 Å². The van der Waals surface area contributed by atoms with Crippen LogP contribution in [0.5, 0.6) is 5.75 Å². The van der Waals surface area contributed by atoms with E-state index < -0.39 is 0 Å². The van der Waals surface area contributed by atoms with E-state index in [1.54, 1.807) is 11.3 Å². The van der Waals surface area contributed by atoms with Crippen molar-refractivity contribution in [1.82, 2.24) is 10.3 Å². The Morgan fingerprint density at radius 1 is 1.09 bits per heavy atom. The molecule has 2 heterocycles. The van der Waals surface area contributed by atoms with Gasteiger partial charge in [0.25, 0.3) is 0 Å². The van der Waals surface area contributed by atoms with Crippen LogP contribution in [0.2, 0.25) is 0 Å². The minimum atomic E-state index is 0.584. The zero-order chi connectivity index (χ0) is 15.5. The number of piperazine rings is 1. The molecule has 1 aromatic heterocycles. The molecule has 0 bridgehead atoms. The molecule has 1 N–H and O–H groups in total. The van der Waals surface area contributed by atoms with Gasteiger partial charge >= 0.3 is 0 Å². The van der Waals surface area contributed by atoms with Gasteiger partial charge in [-0.3, -0.25) is 0 Å². The number of nitrogens with zero attached hydrogens (tertiary/aromatic N) is 2. The van der Waals surface area contributed by atoms with Gasteiger partial charge in [-0.1, -0.05) is 35.6 Å². The van der Waals surface area contributed by atoms with Crippen LogP contribution in [0.3, 0.4) is 0 Å². The van der Waals surface area contributed by atoms with E-state index >= 15 is 0 Å². The maximum atomic E-state index is 5.83. The quantitative estimate of drug-likeness (QED) is 0.799. The highest BCUT2D eigenvalue weighted by Gasteiger charge is 2.14.